The summed E-state index contributed by atoms with van der Waals surface area (Å²) in [5.41, 5.74) is 1.54. The number of halogens is 1. The molecule has 0 bridgehead atoms. The molecule has 0 aliphatic heterocycles. The molecule has 0 aliphatic carbocycles. The first-order valence-electron chi connectivity index (χ1n) is 9.19. The Morgan fingerprint density at radius 2 is 2.00 bits per heavy atom. The van der Waals surface area contributed by atoms with Crippen LogP contribution >= 0.6 is 22.9 Å². The van der Waals surface area contributed by atoms with Crippen molar-refractivity contribution in [2.45, 2.75) is 39.2 Å². The van der Waals surface area contributed by atoms with Crippen LogP contribution in [0, 0.1) is 6.92 Å². The highest BCUT2D eigenvalue weighted by molar-refractivity contribution is 7.15. The van der Waals surface area contributed by atoms with E-state index in [1.807, 2.05) is 6.92 Å². The van der Waals surface area contributed by atoms with Gasteiger partial charge in [0.1, 0.15) is 15.9 Å². The number of nitrogens with one attached hydrogen (secondary N) is 1. The van der Waals surface area contributed by atoms with Crippen molar-refractivity contribution >= 4 is 34.0 Å². The molecule has 0 unspecified atom stereocenters. The van der Waals surface area contributed by atoms with Crippen LogP contribution in [0.1, 0.15) is 41.3 Å². The lowest BCUT2D eigenvalue weighted by molar-refractivity contribution is 0.0713. The number of ether oxygens (including phenoxy) is 1. The van der Waals surface area contributed by atoms with E-state index in [1.165, 1.54) is 30.8 Å². The quantitative estimate of drug-likeness (QED) is 0.528. The number of carbonyl (C=O) groups excluding carboxylic acids is 1. The number of pyridine rings is 2. The highest BCUT2D eigenvalue weighted by Gasteiger charge is 2.20. The number of hydrogen-bond donors (Lipinski definition) is 2. The van der Waals surface area contributed by atoms with Crippen LogP contribution in [0.25, 0.3) is 11.1 Å². The van der Waals surface area contributed by atoms with Crippen LogP contribution in [-0.4, -0.2) is 43.9 Å². The van der Waals surface area contributed by atoms with Crippen LogP contribution in [0.2, 0.25) is 5.15 Å². The van der Waals surface area contributed by atoms with Crippen molar-refractivity contribution < 1.29 is 14.6 Å². The molecule has 3 heterocycles. The Morgan fingerprint density at radius 1 is 1.23 bits per heavy atom. The minimum absolute atomic E-state index is 0.284. The molecule has 0 saturated carbocycles. The first kappa shape index (κ1) is 22.1. The molecular weight excluding hydrogens is 426 g/mol. The van der Waals surface area contributed by atoms with Crippen LogP contribution in [0.4, 0.5) is 5.13 Å². The maximum Gasteiger partial charge on any atom is 0.259 e. The second-order valence-corrected chi connectivity index (χ2v) is 8.80. The largest absolute Gasteiger partial charge is 0.494 e. The second-order valence-electron chi connectivity index (χ2n) is 7.35. The number of aromatic nitrogens is 4. The molecule has 30 heavy (non-hydrogen) atoms. The zero-order valence-corrected chi connectivity index (χ0v) is 18.6. The first-order valence-corrected chi connectivity index (χ1v) is 10.4. The van der Waals surface area contributed by atoms with E-state index in [4.69, 9.17) is 16.3 Å². The summed E-state index contributed by atoms with van der Waals surface area (Å²) in [4.78, 5) is 21.3. The molecule has 2 N–H and O–H groups in total. The third kappa shape index (κ3) is 5.50. The van der Waals surface area contributed by atoms with Gasteiger partial charge in [0.25, 0.3) is 5.91 Å². The Kier molecular flexibility index (Phi) is 6.64. The number of anilines is 1. The maximum absolute atomic E-state index is 13.0. The third-order valence-electron chi connectivity index (χ3n) is 4.27. The van der Waals surface area contributed by atoms with Gasteiger partial charge in [-0.15, -0.1) is 10.2 Å². The van der Waals surface area contributed by atoms with Crippen LogP contribution in [0.15, 0.2) is 24.5 Å². The van der Waals surface area contributed by atoms with Gasteiger partial charge in [0.05, 0.1) is 24.5 Å². The van der Waals surface area contributed by atoms with Gasteiger partial charge >= 0.3 is 0 Å². The Morgan fingerprint density at radius 3 is 2.70 bits per heavy atom. The zero-order chi connectivity index (χ0) is 21.9. The summed E-state index contributed by atoms with van der Waals surface area (Å²) < 4.78 is 5.39. The number of nitrogens with zero attached hydrogens (tertiary/aromatic N) is 4. The lowest BCUT2D eigenvalue weighted by atomic mass is 10.0. The summed E-state index contributed by atoms with van der Waals surface area (Å²) in [6.07, 6.45) is 4.13. The average molecular weight is 448 g/mol. The average Bonchev–Trinajstić information content (AvgIpc) is 3.13. The highest BCUT2D eigenvalue weighted by Crippen LogP contribution is 2.34. The van der Waals surface area contributed by atoms with E-state index in [0.717, 1.165) is 10.7 Å². The van der Waals surface area contributed by atoms with Crippen molar-refractivity contribution in [1.29, 1.82) is 0 Å². The number of carbonyl (C=O) groups is 1. The van der Waals surface area contributed by atoms with Crippen molar-refractivity contribution in [3.63, 3.8) is 0 Å². The Balaban J connectivity index is 1.88. The summed E-state index contributed by atoms with van der Waals surface area (Å²) in [5.74, 6) is 0.113. The molecule has 10 heteroatoms. The van der Waals surface area contributed by atoms with Crippen LogP contribution in [0.3, 0.4) is 0 Å². The summed E-state index contributed by atoms with van der Waals surface area (Å²) in [7, 11) is 1.53. The maximum atomic E-state index is 13.0. The number of amides is 1. The van der Waals surface area contributed by atoms with E-state index in [0.29, 0.717) is 40.4 Å². The highest BCUT2D eigenvalue weighted by atomic mass is 35.5. The molecule has 0 aromatic carbocycles. The fourth-order valence-corrected chi connectivity index (χ4v) is 3.63. The summed E-state index contributed by atoms with van der Waals surface area (Å²) in [6, 6.07) is 3.43. The van der Waals surface area contributed by atoms with E-state index in [1.54, 1.807) is 26.0 Å². The summed E-state index contributed by atoms with van der Waals surface area (Å²) in [5, 5.41) is 22.1. The van der Waals surface area contributed by atoms with E-state index in [2.05, 4.69) is 25.5 Å². The molecule has 0 radical (unpaired) electrons. The van der Waals surface area contributed by atoms with Gasteiger partial charge in [-0.05, 0) is 39.3 Å². The molecule has 3 aromatic heterocycles. The van der Waals surface area contributed by atoms with Gasteiger partial charge < -0.3 is 9.84 Å². The van der Waals surface area contributed by atoms with Gasteiger partial charge in [-0.2, -0.15) is 0 Å². The first-order chi connectivity index (χ1) is 14.2. The third-order valence-corrected chi connectivity index (χ3v) is 5.37. The SMILES string of the molecule is COc1cnc(Cl)cc1-c1cc(C)ncc1C(=O)Nc1nnc(CCC(C)(C)O)s1. The predicted molar refractivity (Wildman–Crippen MR) is 116 cm³/mol. The number of rotatable bonds is 7. The van der Waals surface area contributed by atoms with E-state index in [-0.39, 0.29) is 11.1 Å². The number of aliphatic hydroxyl groups is 1. The molecule has 3 aromatic rings. The molecule has 8 nitrogen and oxygen atoms in total. The standard InChI is InChI=1S/C20H22ClN5O3S/c1-11-7-12(13-8-16(21)23-10-15(13)29-4)14(9-22-11)18(27)24-19-26-25-17(30-19)5-6-20(2,3)28/h7-10,28H,5-6H2,1-4H3,(H,24,26,27). The fourth-order valence-electron chi connectivity index (χ4n) is 2.74. The van der Waals surface area contributed by atoms with Gasteiger partial charge in [0.2, 0.25) is 5.13 Å². The van der Waals surface area contributed by atoms with Gasteiger partial charge in [0.15, 0.2) is 0 Å². The van der Waals surface area contributed by atoms with E-state index in [9.17, 15) is 9.90 Å². The van der Waals surface area contributed by atoms with Gasteiger partial charge in [0, 0.05) is 29.4 Å². The molecule has 0 spiro atoms. The zero-order valence-electron chi connectivity index (χ0n) is 17.1. The fraction of sp³-hybridized carbons (Fsp3) is 0.350. The Hall–Kier alpha value is -2.62. The Bertz CT molecular complexity index is 1060. The van der Waals surface area contributed by atoms with Crippen LogP contribution in [-0.2, 0) is 6.42 Å². The molecule has 0 saturated heterocycles. The summed E-state index contributed by atoms with van der Waals surface area (Å²) >= 11 is 7.34. The van der Waals surface area contributed by atoms with Crippen molar-refractivity contribution in [1.82, 2.24) is 20.2 Å². The topological polar surface area (TPSA) is 110 Å². The van der Waals surface area contributed by atoms with Gasteiger partial charge in [-0.25, -0.2) is 4.98 Å². The molecule has 0 fully saturated rings. The van der Waals surface area contributed by atoms with E-state index < -0.39 is 5.60 Å². The molecular formula is C20H22ClN5O3S. The molecule has 1 amide bonds. The van der Waals surface area contributed by atoms with E-state index >= 15 is 0 Å². The minimum Gasteiger partial charge on any atom is -0.494 e. The molecule has 0 aliphatic rings. The lowest BCUT2D eigenvalue weighted by Gasteiger charge is -2.15. The van der Waals surface area contributed by atoms with Crippen molar-refractivity contribution in [2.75, 3.05) is 12.4 Å². The minimum atomic E-state index is -0.789. The predicted octanol–water partition coefficient (Wildman–Crippen LogP) is 3.92. The number of methoxy groups -OCH3 is 1. The lowest BCUT2D eigenvalue weighted by Crippen LogP contribution is -2.19. The van der Waals surface area contributed by atoms with Crippen molar-refractivity contribution in [2.24, 2.45) is 0 Å². The summed E-state index contributed by atoms with van der Waals surface area (Å²) in [6.45, 7) is 5.31. The Labute approximate surface area is 183 Å². The number of aryl methyl sites for hydroxylation is 2. The van der Waals surface area contributed by atoms with Crippen molar-refractivity contribution in [3.8, 4) is 16.9 Å². The van der Waals surface area contributed by atoms with Crippen LogP contribution < -0.4 is 10.1 Å². The smallest absolute Gasteiger partial charge is 0.259 e. The van der Waals surface area contributed by atoms with Crippen molar-refractivity contribution in [3.05, 3.63) is 45.9 Å². The molecule has 3 rings (SSSR count). The number of hydrogen-bond acceptors (Lipinski definition) is 8. The second kappa shape index (κ2) is 9.03. The van der Waals surface area contributed by atoms with Crippen LogP contribution in [0.5, 0.6) is 5.75 Å². The van der Waals surface area contributed by atoms with Gasteiger partial charge in [-0.1, -0.05) is 22.9 Å². The van der Waals surface area contributed by atoms with Gasteiger partial charge in [-0.3, -0.25) is 15.1 Å². The molecule has 158 valence electrons. The molecule has 0 atom stereocenters. The monoisotopic (exact) mass is 447 g/mol. The normalized spacial score (nSPS) is 11.4.